The quantitative estimate of drug-likeness (QED) is 0.821. The van der Waals surface area contributed by atoms with E-state index in [1.54, 1.807) is 6.92 Å². The number of halogens is 1. The Labute approximate surface area is 126 Å². The largest absolute Gasteiger partial charge is 0.494 e. The summed E-state index contributed by atoms with van der Waals surface area (Å²) in [5.41, 5.74) is 0. The fraction of sp³-hybridized carbons (Fsp3) is 0.333. The minimum absolute atomic E-state index is 0.0543. The van der Waals surface area contributed by atoms with Crippen molar-refractivity contribution >= 4 is 16.0 Å². The zero-order valence-electron chi connectivity index (χ0n) is 11.9. The van der Waals surface area contributed by atoms with E-state index in [4.69, 9.17) is 13.9 Å². The van der Waals surface area contributed by atoms with Gasteiger partial charge in [0.2, 0.25) is 5.89 Å². The van der Waals surface area contributed by atoms with Crippen molar-refractivity contribution in [2.75, 3.05) is 18.4 Å². The van der Waals surface area contributed by atoms with Gasteiger partial charge in [-0.05, 0) is 19.1 Å². The Morgan fingerprint density at radius 2 is 2.14 bits per heavy atom. The first-order valence-corrected chi connectivity index (χ1v) is 7.71. The van der Waals surface area contributed by atoms with Gasteiger partial charge < -0.3 is 13.9 Å². The maximum atomic E-state index is 14.0. The highest BCUT2D eigenvalue weighted by Gasteiger charge is 2.24. The molecule has 0 aliphatic carbocycles. The van der Waals surface area contributed by atoms with Crippen LogP contribution in [0.4, 0.5) is 10.4 Å². The third-order valence-corrected chi connectivity index (χ3v) is 3.89. The molecule has 1 aromatic carbocycles. The molecule has 2 rings (SSSR count). The van der Waals surface area contributed by atoms with E-state index in [-0.39, 0.29) is 24.3 Å². The molecule has 8 nitrogen and oxygen atoms in total. The summed E-state index contributed by atoms with van der Waals surface area (Å²) in [4.78, 5) is -0.587. The molecule has 0 aliphatic rings. The molecule has 0 aliphatic heterocycles. The van der Waals surface area contributed by atoms with Gasteiger partial charge in [0.15, 0.2) is 11.6 Å². The van der Waals surface area contributed by atoms with Gasteiger partial charge in [0.25, 0.3) is 10.0 Å². The standard InChI is InChI=1S/C12H14FN3O5S/c1-3-20-7-10-14-15-12(21-10)16-22(17,18)9-6-4-5-8(19-2)11(9)13/h4-6H,3,7H2,1-2H3,(H,15,16). The van der Waals surface area contributed by atoms with Gasteiger partial charge in [-0.2, -0.15) is 0 Å². The Bertz CT molecular complexity index is 747. The molecule has 0 spiro atoms. The summed E-state index contributed by atoms with van der Waals surface area (Å²) in [5.74, 6) is -1.09. The molecule has 0 saturated carbocycles. The van der Waals surface area contributed by atoms with Crippen LogP contribution in [0, 0.1) is 5.82 Å². The lowest BCUT2D eigenvalue weighted by molar-refractivity contribution is 0.115. The van der Waals surface area contributed by atoms with Crippen LogP contribution < -0.4 is 9.46 Å². The normalized spacial score (nSPS) is 11.4. The van der Waals surface area contributed by atoms with Crippen molar-refractivity contribution in [3.63, 3.8) is 0 Å². The second kappa shape index (κ2) is 6.71. The van der Waals surface area contributed by atoms with Crippen LogP contribution >= 0.6 is 0 Å². The van der Waals surface area contributed by atoms with E-state index in [1.165, 1.54) is 19.2 Å². The summed E-state index contributed by atoms with van der Waals surface area (Å²) < 4.78 is 55.2. The van der Waals surface area contributed by atoms with E-state index in [1.807, 2.05) is 4.72 Å². The second-order valence-corrected chi connectivity index (χ2v) is 5.67. The molecule has 1 heterocycles. The number of sulfonamides is 1. The first-order valence-electron chi connectivity index (χ1n) is 6.23. The van der Waals surface area contributed by atoms with Gasteiger partial charge in [-0.25, -0.2) is 17.5 Å². The highest BCUT2D eigenvalue weighted by molar-refractivity contribution is 7.92. The van der Waals surface area contributed by atoms with Crippen LogP contribution in [0.25, 0.3) is 0 Å². The number of aromatic nitrogens is 2. The number of benzene rings is 1. The van der Waals surface area contributed by atoms with Crippen LogP contribution in [-0.2, 0) is 21.4 Å². The Morgan fingerprint density at radius 3 is 2.82 bits per heavy atom. The summed E-state index contributed by atoms with van der Waals surface area (Å²) in [5, 5.41) is 7.11. The minimum atomic E-state index is -4.23. The van der Waals surface area contributed by atoms with Gasteiger partial charge in [-0.3, -0.25) is 0 Å². The number of ether oxygens (including phenoxy) is 2. The second-order valence-electron chi connectivity index (χ2n) is 4.02. The maximum Gasteiger partial charge on any atom is 0.329 e. The van der Waals surface area contributed by atoms with Gasteiger partial charge in [0, 0.05) is 6.61 Å². The lowest BCUT2D eigenvalue weighted by Gasteiger charge is -2.08. The maximum absolute atomic E-state index is 14.0. The topological polar surface area (TPSA) is 104 Å². The van der Waals surface area contributed by atoms with E-state index >= 15 is 0 Å². The van der Waals surface area contributed by atoms with Crippen LogP contribution in [0.15, 0.2) is 27.5 Å². The van der Waals surface area contributed by atoms with E-state index in [0.717, 1.165) is 6.07 Å². The predicted octanol–water partition coefficient (Wildman–Crippen LogP) is 1.55. The lowest BCUT2D eigenvalue weighted by Crippen LogP contribution is -2.15. The van der Waals surface area contributed by atoms with Crippen LogP contribution in [0.3, 0.4) is 0 Å². The Balaban J connectivity index is 2.23. The third kappa shape index (κ3) is 3.52. The zero-order chi connectivity index (χ0) is 16.2. The van der Waals surface area contributed by atoms with E-state index in [9.17, 15) is 12.8 Å². The van der Waals surface area contributed by atoms with Crippen molar-refractivity contribution in [3.8, 4) is 5.75 Å². The summed E-state index contributed by atoms with van der Waals surface area (Å²) in [6.07, 6.45) is 0. The average molecular weight is 331 g/mol. The van der Waals surface area contributed by atoms with Crippen LogP contribution in [-0.4, -0.2) is 32.3 Å². The van der Waals surface area contributed by atoms with Crippen molar-refractivity contribution in [3.05, 3.63) is 29.9 Å². The van der Waals surface area contributed by atoms with Gasteiger partial charge in [-0.15, -0.1) is 5.10 Å². The fourth-order valence-corrected chi connectivity index (χ4v) is 2.58. The first-order chi connectivity index (χ1) is 10.5. The van der Waals surface area contributed by atoms with Gasteiger partial charge in [-0.1, -0.05) is 11.2 Å². The summed E-state index contributed by atoms with van der Waals surface area (Å²) in [6, 6.07) is 3.38. The molecular weight excluding hydrogens is 317 g/mol. The lowest BCUT2D eigenvalue weighted by atomic mass is 10.3. The first kappa shape index (κ1) is 16.2. The van der Waals surface area contributed by atoms with E-state index in [2.05, 4.69) is 10.2 Å². The highest BCUT2D eigenvalue weighted by Crippen LogP contribution is 2.25. The molecule has 0 amide bonds. The minimum Gasteiger partial charge on any atom is -0.494 e. The van der Waals surface area contributed by atoms with Gasteiger partial charge >= 0.3 is 6.01 Å². The fourth-order valence-electron chi connectivity index (χ4n) is 1.57. The monoisotopic (exact) mass is 331 g/mol. The van der Waals surface area contributed by atoms with Gasteiger partial charge in [0.1, 0.15) is 11.5 Å². The summed E-state index contributed by atoms with van der Waals surface area (Å²) in [6.45, 7) is 2.28. The molecule has 0 atom stereocenters. The number of nitrogens with one attached hydrogen (secondary N) is 1. The number of hydrogen-bond donors (Lipinski definition) is 1. The summed E-state index contributed by atoms with van der Waals surface area (Å²) >= 11 is 0. The SMILES string of the molecule is CCOCc1nnc(NS(=O)(=O)c2cccc(OC)c2F)o1. The van der Waals surface area contributed by atoms with Crippen molar-refractivity contribution in [2.45, 2.75) is 18.4 Å². The molecule has 120 valence electrons. The highest BCUT2D eigenvalue weighted by atomic mass is 32.2. The Morgan fingerprint density at radius 1 is 1.36 bits per heavy atom. The smallest absolute Gasteiger partial charge is 0.329 e. The average Bonchev–Trinajstić information content (AvgIpc) is 2.91. The van der Waals surface area contributed by atoms with Crippen LogP contribution in [0.2, 0.25) is 0 Å². The zero-order valence-corrected chi connectivity index (χ0v) is 12.7. The van der Waals surface area contributed by atoms with Crippen molar-refractivity contribution in [1.82, 2.24) is 10.2 Å². The number of methoxy groups -OCH3 is 1. The van der Waals surface area contributed by atoms with E-state index in [0.29, 0.717) is 6.61 Å². The van der Waals surface area contributed by atoms with Crippen molar-refractivity contribution in [2.24, 2.45) is 0 Å². The van der Waals surface area contributed by atoms with Crippen LogP contribution in [0.1, 0.15) is 12.8 Å². The number of hydrogen-bond acceptors (Lipinski definition) is 7. The number of nitrogens with zero attached hydrogens (tertiary/aromatic N) is 2. The predicted molar refractivity (Wildman–Crippen MR) is 73.4 cm³/mol. The molecule has 0 bridgehead atoms. The molecular formula is C12H14FN3O5S. The Hall–Kier alpha value is -2.20. The van der Waals surface area contributed by atoms with Crippen molar-refractivity contribution < 1.29 is 26.7 Å². The molecule has 2 aromatic rings. The molecule has 0 saturated heterocycles. The molecule has 1 N–H and O–H groups in total. The summed E-state index contributed by atoms with van der Waals surface area (Å²) in [7, 11) is -2.99. The van der Waals surface area contributed by atoms with Crippen LogP contribution in [0.5, 0.6) is 5.75 Å². The molecule has 1 aromatic heterocycles. The van der Waals surface area contributed by atoms with Gasteiger partial charge in [0.05, 0.1) is 7.11 Å². The molecule has 0 unspecified atom stereocenters. The molecule has 22 heavy (non-hydrogen) atoms. The van der Waals surface area contributed by atoms with E-state index < -0.39 is 20.7 Å². The third-order valence-electron chi connectivity index (χ3n) is 2.56. The number of anilines is 1. The number of rotatable bonds is 7. The molecule has 10 heteroatoms. The molecule has 0 fully saturated rings. The molecule has 0 radical (unpaired) electrons. The van der Waals surface area contributed by atoms with Crippen molar-refractivity contribution in [1.29, 1.82) is 0 Å². The Kier molecular flexibility index (Phi) is 4.93.